The van der Waals surface area contributed by atoms with Gasteiger partial charge in [0.15, 0.2) is 5.76 Å². The molecule has 28 heavy (non-hydrogen) atoms. The standard InChI is InChI=1S/C19H17ClN4O3S/c20-13-5-2-1-4-12(13)15(23-7-10-26-11-8-23)16-18(25)24-19(28-16)21-17(22-24)14-6-3-9-27-14/h1-6,9,15,25H,7-8,10-11H2/t15-/m0/s1. The Morgan fingerprint density at radius 1 is 1.14 bits per heavy atom. The molecular weight excluding hydrogens is 400 g/mol. The molecule has 1 aromatic carbocycles. The molecule has 4 aromatic rings. The summed E-state index contributed by atoms with van der Waals surface area (Å²) in [5.41, 5.74) is 0.942. The number of hydrogen-bond donors (Lipinski definition) is 1. The van der Waals surface area contributed by atoms with Crippen LogP contribution in [0.15, 0.2) is 47.1 Å². The average molecular weight is 417 g/mol. The molecule has 0 aliphatic carbocycles. The maximum Gasteiger partial charge on any atom is 0.230 e. The normalized spacial score (nSPS) is 16.6. The summed E-state index contributed by atoms with van der Waals surface area (Å²) in [6.07, 6.45) is 1.57. The molecule has 1 fully saturated rings. The minimum Gasteiger partial charge on any atom is -0.492 e. The third-order valence-electron chi connectivity index (χ3n) is 4.80. The van der Waals surface area contributed by atoms with E-state index in [0.29, 0.717) is 34.8 Å². The van der Waals surface area contributed by atoms with Crippen LogP contribution in [-0.2, 0) is 4.74 Å². The van der Waals surface area contributed by atoms with Crippen LogP contribution in [-0.4, -0.2) is 50.9 Å². The van der Waals surface area contributed by atoms with Crippen LogP contribution in [0.1, 0.15) is 16.5 Å². The number of morpholine rings is 1. The number of thiazole rings is 1. The molecule has 9 heteroatoms. The number of aromatic hydroxyl groups is 1. The van der Waals surface area contributed by atoms with Crippen molar-refractivity contribution in [3.8, 4) is 17.5 Å². The Kier molecular flexibility index (Phi) is 4.56. The molecule has 0 radical (unpaired) electrons. The second-order valence-corrected chi connectivity index (χ2v) is 7.89. The maximum absolute atomic E-state index is 11.0. The second kappa shape index (κ2) is 7.21. The highest BCUT2D eigenvalue weighted by molar-refractivity contribution is 7.17. The van der Waals surface area contributed by atoms with Crippen molar-refractivity contribution < 1.29 is 14.3 Å². The predicted octanol–water partition coefficient (Wildman–Crippen LogP) is 3.83. The first-order valence-electron chi connectivity index (χ1n) is 8.91. The number of ether oxygens (including phenoxy) is 1. The van der Waals surface area contributed by atoms with Gasteiger partial charge in [-0.25, -0.2) is 0 Å². The maximum atomic E-state index is 11.0. The van der Waals surface area contributed by atoms with Crippen molar-refractivity contribution in [2.45, 2.75) is 6.04 Å². The van der Waals surface area contributed by atoms with Crippen LogP contribution in [0.2, 0.25) is 5.02 Å². The minimum absolute atomic E-state index is 0.0710. The van der Waals surface area contributed by atoms with E-state index >= 15 is 0 Å². The fourth-order valence-corrected chi connectivity index (χ4v) is 4.82. The number of hydrogen-bond acceptors (Lipinski definition) is 7. The zero-order valence-corrected chi connectivity index (χ0v) is 16.4. The molecule has 0 amide bonds. The molecule has 1 aliphatic heterocycles. The van der Waals surface area contributed by atoms with Gasteiger partial charge in [-0.1, -0.05) is 41.1 Å². The van der Waals surface area contributed by atoms with Crippen LogP contribution < -0.4 is 0 Å². The molecule has 1 N–H and O–H groups in total. The Morgan fingerprint density at radius 2 is 1.96 bits per heavy atom. The van der Waals surface area contributed by atoms with Gasteiger partial charge in [-0.3, -0.25) is 4.90 Å². The van der Waals surface area contributed by atoms with Gasteiger partial charge in [0, 0.05) is 18.1 Å². The first-order chi connectivity index (χ1) is 13.7. The highest BCUT2D eigenvalue weighted by atomic mass is 35.5. The van der Waals surface area contributed by atoms with Crippen LogP contribution in [0.5, 0.6) is 5.88 Å². The van der Waals surface area contributed by atoms with Crippen LogP contribution in [0.3, 0.4) is 0 Å². The van der Waals surface area contributed by atoms with Gasteiger partial charge < -0.3 is 14.3 Å². The molecule has 4 heterocycles. The first-order valence-corrected chi connectivity index (χ1v) is 10.1. The summed E-state index contributed by atoms with van der Waals surface area (Å²) in [6, 6.07) is 11.1. The number of benzene rings is 1. The Labute approximate surface area is 169 Å². The van der Waals surface area contributed by atoms with E-state index in [1.807, 2.05) is 24.3 Å². The number of aromatic nitrogens is 3. The zero-order chi connectivity index (χ0) is 19.1. The van der Waals surface area contributed by atoms with Gasteiger partial charge >= 0.3 is 0 Å². The molecule has 1 atom stereocenters. The van der Waals surface area contributed by atoms with Crippen molar-refractivity contribution in [3.05, 3.63) is 58.1 Å². The molecular formula is C19H17ClN4O3S. The smallest absolute Gasteiger partial charge is 0.230 e. The zero-order valence-electron chi connectivity index (χ0n) is 14.8. The molecule has 7 nitrogen and oxygen atoms in total. The van der Waals surface area contributed by atoms with E-state index < -0.39 is 0 Å². The monoisotopic (exact) mass is 416 g/mol. The van der Waals surface area contributed by atoms with E-state index in [0.717, 1.165) is 23.5 Å². The van der Waals surface area contributed by atoms with E-state index in [9.17, 15) is 5.11 Å². The summed E-state index contributed by atoms with van der Waals surface area (Å²) >= 11 is 7.92. The van der Waals surface area contributed by atoms with E-state index in [2.05, 4.69) is 15.0 Å². The lowest BCUT2D eigenvalue weighted by Gasteiger charge is -2.34. The average Bonchev–Trinajstić information content (AvgIpc) is 3.43. The van der Waals surface area contributed by atoms with Crippen molar-refractivity contribution in [2.24, 2.45) is 0 Å². The first kappa shape index (κ1) is 17.7. The van der Waals surface area contributed by atoms with E-state index in [-0.39, 0.29) is 11.9 Å². The van der Waals surface area contributed by atoms with Crippen molar-refractivity contribution in [3.63, 3.8) is 0 Å². The highest BCUT2D eigenvalue weighted by Crippen LogP contribution is 2.42. The van der Waals surface area contributed by atoms with Gasteiger partial charge in [-0.05, 0) is 23.8 Å². The van der Waals surface area contributed by atoms with Gasteiger partial charge in [-0.15, -0.1) is 5.10 Å². The Balaban J connectivity index is 1.62. The SMILES string of the molecule is Oc1c([C@H](c2ccccc2Cl)N2CCOCC2)sc2nc(-c3ccco3)nn12. The number of nitrogens with zero attached hydrogens (tertiary/aromatic N) is 4. The summed E-state index contributed by atoms with van der Waals surface area (Å²) in [6.45, 7) is 2.79. The van der Waals surface area contributed by atoms with Gasteiger partial charge in [0.2, 0.25) is 16.7 Å². The topological polar surface area (TPSA) is 76.0 Å². The Hall–Kier alpha value is -2.39. The number of fused-ring (bicyclic) bond motifs is 1. The molecule has 1 saturated heterocycles. The van der Waals surface area contributed by atoms with Gasteiger partial charge in [0.05, 0.1) is 30.4 Å². The highest BCUT2D eigenvalue weighted by Gasteiger charge is 2.32. The van der Waals surface area contributed by atoms with Crippen molar-refractivity contribution in [1.82, 2.24) is 19.5 Å². The third-order valence-corrected chi connectivity index (χ3v) is 6.22. The molecule has 3 aromatic heterocycles. The molecule has 5 rings (SSSR count). The van der Waals surface area contributed by atoms with E-state index in [1.54, 1.807) is 18.4 Å². The van der Waals surface area contributed by atoms with Crippen LogP contribution in [0.4, 0.5) is 0 Å². The van der Waals surface area contributed by atoms with Gasteiger partial charge in [-0.2, -0.15) is 9.50 Å². The molecule has 144 valence electrons. The summed E-state index contributed by atoms with van der Waals surface area (Å²) in [4.78, 5) is 8.15. The molecule has 0 unspecified atom stereocenters. The summed E-state index contributed by atoms with van der Waals surface area (Å²) in [7, 11) is 0. The molecule has 0 spiro atoms. The van der Waals surface area contributed by atoms with E-state index in [4.69, 9.17) is 20.8 Å². The number of halogens is 1. The lowest BCUT2D eigenvalue weighted by atomic mass is 10.0. The van der Waals surface area contributed by atoms with Crippen LogP contribution in [0.25, 0.3) is 16.5 Å². The molecule has 0 saturated carbocycles. The van der Waals surface area contributed by atoms with Crippen molar-refractivity contribution >= 4 is 27.9 Å². The van der Waals surface area contributed by atoms with Gasteiger partial charge in [0.1, 0.15) is 0 Å². The van der Waals surface area contributed by atoms with Crippen molar-refractivity contribution in [2.75, 3.05) is 26.3 Å². The number of rotatable bonds is 4. The predicted molar refractivity (Wildman–Crippen MR) is 106 cm³/mol. The summed E-state index contributed by atoms with van der Waals surface area (Å²) in [5, 5.41) is 16.1. The van der Waals surface area contributed by atoms with Crippen LogP contribution in [0, 0.1) is 0 Å². The Bertz CT molecular complexity index is 1100. The van der Waals surface area contributed by atoms with Crippen LogP contribution >= 0.6 is 22.9 Å². The number of furan rings is 1. The fraction of sp³-hybridized carbons (Fsp3) is 0.263. The quantitative estimate of drug-likeness (QED) is 0.545. The lowest BCUT2D eigenvalue weighted by Crippen LogP contribution is -2.39. The fourth-order valence-electron chi connectivity index (χ4n) is 3.47. The van der Waals surface area contributed by atoms with Crippen molar-refractivity contribution in [1.29, 1.82) is 0 Å². The molecule has 1 aliphatic rings. The molecule has 0 bridgehead atoms. The Morgan fingerprint density at radius 3 is 2.68 bits per heavy atom. The lowest BCUT2D eigenvalue weighted by molar-refractivity contribution is 0.0241. The summed E-state index contributed by atoms with van der Waals surface area (Å²) in [5.74, 6) is 1.08. The largest absolute Gasteiger partial charge is 0.492 e. The van der Waals surface area contributed by atoms with Gasteiger partial charge in [0.25, 0.3) is 0 Å². The van der Waals surface area contributed by atoms with E-state index in [1.165, 1.54) is 15.9 Å². The minimum atomic E-state index is -0.196. The second-order valence-electron chi connectivity index (χ2n) is 6.47. The summed E-state index contributed by atoms with van der Waals surface area (Å²) < 4.78 is 12.3. The third kappa shape index (κ3) is 2.98.